The van der Waals surface area contributed by atoms with Gasteiger partial charge in [-0.05, 0) is 31.5 Å². The van der Waals surface area contributed by atoms with Gasteiger partial charge in [-0.15, -0.1) is 0 Å². The Morgan fingerprint density at radius 2 is 1.75 bits per heavy atom. The lowest BCUT2D eigenvalue weighted by atomic mass is 9.95. The lowest BCUT2D eigenvalue weighted by molar-refractivity contribution is -0.161. The van der Waals surface area contributed by atoms with E-state index in [1.54, 1.807) is 38.1 Å². The molecule has 1 saturated heterocycles. The molecule has 2 aromatic rings. The Morgan fingerprint density at radius 1 is 1.07 bits per heavy atom. The summed E-state index contributed by atoms with van der Waals surface area (Å²) in [7, 11) is 0. The highest BCUT2D eigenvalue weighted by atomic mass is 16.5. The Hall–Kier alpha value is -3.15. The largest absolute Gasteiger partial charge is 0.460 e. The third-order valence-electron chi connectivity index (χ3n) is 5.23. The van der Waals surface area contributed by atoms with Crippen molar-refractivity contribution in [1.82, 2.24) is 4.90 Å². The Morgan fingerprint density at radius 3 is 2.46 bits per heavy atom. The van der Waals surface area contributed by atoms with Crippen molar-refractivity contribution in [2.45, 2.75) is 45.0 Å². The van der Waals surface area contributed by atoms with Crippen molar-refractivity contribution < 1.29 is 19.1 Å². The second kappa shape index (κ2) is 6.78. The molecule has 2 aromatic carbocycles. The SMILES string of the molecule is CC(C)OC(=O)[C@]12CCC(=O)N1c1ccccc1C(=O)N2Cc1ccccc1. The van der Waals surface area contributed by atoms with Crippen LogP contribution in [0.25, 0.3) is 0 Å². The Bertz CT molecular complexity index is 941. The molecule has 2 aliphatic heterocycles. The van der Waals surface area contributed by atoms with Gasteiger partial charge in [0.1, 0.15) is 0 Å². The van der Waals surface area contributed by atoms with Crippen molar-refractivity contribution in [3.8, 4) is 0 Å². The Balaban J connectivity index is 1.89. The number of fused-ring (bicyclic) bond motifs is 3. The summed E-state index contributed by atoms with van der Waals surface area (Å²) in [6, 6.07) is 16.4. The Kier molecular flexibility index (Phi) is 4.41. The molecule has 144 valence electrons. The number of esters is 1. The van der Waals surface area contributed by atoms with Crippen LogP contribution in [0.1, 0.15) is 42.6 Å². The first kappa shape index (κ1) is 18.2. The van der Waals surface area contributed by atoms with E-state index in [4.69, 9.17) is 4.74 Å². The zero-order valence-electron chi connectivity index (χ0n) is 15.9. The van der Waals surface area contributed by atoms with Gasteiger partial charge in [0, 0.05) is 19.4 Å². The molecule has 0 bridgehead atoms. The van der Waals surface area contributed by atoms with Gasteiger partial charge in [-0.1, -0.05) is 42.5 Å². The molecule has 0 radical (unpaired) electrons. The van der Waals surface area contributed by atoms with Gasteiger partial charge in [-0.2, -0.15) is 0 Å². The molecule has 0 aliphatic carbocycles. The van der Waals surface area contributed by atoms with Crippen molar-refractivity contribution in [2.75, 3.05) is 4.90 Å². The van der Waals surface area contributed by atoms with Gasteiger partial charge in [0.25, 0.3) is 5.91 Å². The summed E-state index contributed by atoms with van der Waals surface area (Å²) in [5, 5.41) is 0. The molecule has 6 heteroatoms. The summed E-state index contributed by atoms with van der Waals surface area (Å²) < 4.78 is 5.55. The van der Waals surface area contributed by atoms with Gasteiger partial charge in [0.2, 0.25) is 11.6 Å². The van der Waals surface area contributed by atoms with E-state index in [0.717, 1.165) is 5.56 Å². The number of benzene rings is 2. The molecule has 4 rings (SSSR count). The van der Waals surface area contributed by atoms with Gasteiger partial charge in [-0.25, -0.2) is 4.79 Å². The number of anilines is 1. The molecule has 1 fully saturated rings. The van der Waals surface area contributed by atoms with E-state index >= 15 is 0 Å². The van der Waals surface area contributed by atoms with E-state index in [2.05, 4.69) is 0 Å². The van der Waals surface area contributed by atoms with Crippen molar-refractivity contribution in [1.29, 1.82) is 0 Å². The highest BCUT2D eigenvalue weighted by Crippen LogP contribution is 2.45. The van der Waals surface area contributed by atoms with Gasteiger partial charge in [-0.3, -0.25) is 14.5 Å². The minimum Gasteiger partial charge on any atom is -0.460 e. The van der Waals surface area contributed by atoms with Crippen molar-refractivity contribution in [3.63, 3.8) is 0 Å². The number of carbonyl (C=O) groups excluding carboxylic acids is 3. The molecule has 0 aromatic heterocycles. The van der Waals surface area contributed by atoms with E-state index in [1.165, 1.54) is 9.80 Å². The van der Waals surface area contributed by atoms with E-state index in [0.29, 0.717) is 11.3 Å². The number of hydrogen-bond acceptors (Lipinski definition) is 4. The number of hydrogen-bond donors (Lipinski definition) is 0. The molecule has 2 aliphatic rings. The summed E-state index contributed by atoms with van der Waals surface area (Å²) in [5.41, 5.74) is 0.316. The molecular weight excluding hydrogens is 356 g/mol. The standard InChI is InChI=1S/C22H22N2O4/c1-15(2)28-21(27)22-13-12-19(25)24(22)18-11-7-6-10-17(18)20(26)23(22)14-16-8-4-3-5-9-16/h3-11,15H,12-14H2,1-2H3/t22-/m0/s1. The monoisotopic (exact) mass is 378 g/mol. The zero-order valence-corrected chi connectivity index (χ0v) is 15.9. The molecule has 6 nitrogen and oxygen atoms in total. The van der Waals surface area contributed by atoms with Crippen LogP contribution < -0.4 is 4.90 Å². The number of rotatable bonds is 4. The average molecular weight is 378 g/mol. The van der Waals surface area contributed by atoms with Crippen LogP contribution in [-0.2, 0) is 20.9 Å². The number of nitrogens with zero attached hydrogens (tertiary/aromatic N) is 2. The molecule has 2 heterocycles. The van der Waals surface area contributed by atoms with Crippen LogP contribution in [0.15, 0.2) is 54.6 Å². The third kappa shape index (κ3) is 2.68. The summed E-state index contributed by atoms with van der Waals surface area (Å²) in [6.07, 6.45) is 0.0370. The number of amides is 2. The maximum absolute atomic E-state index is 13.4. The minimum absolute atomic E-state index is 0.181. The quantitative estimate of drug-likeness (QED) is 0.767. The fourth-order valence-electron chi connectivity index (χ4n) is 4.04. The van der Waals surface area contributed by atoms with Crippen LogP contribution in [0, 0.1) is 0 Å². The van der Waals surface area contributed by atoms with Crippen LogP contribution in [0.4, 0.5) is 5.69 Å². The predicted molar refractivity (Wildman–Crippen MR) is 103 cm³/mol. The third-order valence-corrected chi connectivity index (χ3v) is 5.23. The molecule has 0 saturated carbocycles. The van der Waals surface area contributed by atoms with E-state index in [1.807, 2.05) is 30.3 Å². The molecule has 1 atom stereocenters. The van der Waals surface area contributed by atoms with Crippen molar-refractivity contribution in [3.05, 3.63) is 65.7 Å². The van der Waals surface area contributed by atoms with Crippen molar-refractivity contribution >= 4 is 23.5 Å². The summed E-state index contributed by atoms with van der Waals surface area (Å²) in [4.78, 5) is 42.6. The highest BCUT2D eigenvalue weighted by Gasteiger charge is 2.62. The average Bonchev–Trinajstić information content (AvgIpc) is 3.04. The van der Waals surface area contributed by atoms with Crippen LogP contribution in [-0.4, -0.2) is 34.5 Å². The normalized spacial score (nSPS) is 21.0. The van der Waals surface area contributed by atoms with E-state index < -0.39 is 11.6 Å². The maximum atomic E-state index is 13.4. The van der Waals surface area contributed by atoms with E-state index in [9.17, 15) is 14.4 Å². The van der Waals surface area contributed by atoms with Crippen LogP contribution in [0.5, 0.6) is 0 Å². The van der Waals surface area contributed by atoms with E-state index in [-0.39, 0.29) is 37.3 Å². The maximum Gasteiger partial charge on any atom is 0.354 e. The Labute approximate surface area is 163 Å². The molecule has 0 N–H and O–H groups in total. The predicted octanol–water partition coefficient (Wildman–Crippen LogP) is 3.12. The van der Waals surface area contributed by atoms with Crippen LogP contribution >= 0.6 is 0 Å². The number of carbonyl (C=O) groups is 3. The molecule has 2 amide bonds. The number of para-hydroxylation sites is 1. The van der Waals surface area contributed by atoms with Crippen LogP contribution in [0.3, 0.4) is 0 Å². The topological polar surface area (TPSA) is 66.9 Å². The molecule has 0 unspecified atom stereocenters. The first-order valence-electron chi connectivity index (χ1n) is 9.44. The smallest absolute Gasteiger partial charge is 0.354 e. The molecule has 28 heavy (non-hydrogen) atoms. The molecule has 0 spiro atoms. The molecular formula is C22H22N2O4. The van der Waals surface area contributed by atoms with Gasteiger partial charge < -0.3 is 9.64 Å². The minimum atomic E-state index is -1.46. The zero-order chi connectivity index (χ0) is 19.9. The fraction of sp³-hybridized carbons (Fsp3) is 0.318. The summed E-state index contributed by atoms with van der Waals surface area (Å²) >= 11 is 0. The van der Waals surface area contributed by atoms with Crippen LogP contribution in [0.2, 0.25) is 0 Å². The first-order chi connectivity index (χ1) is 13.4. The summed E-state index contributed by atoms with van der Waals surface area (Å²) in [5.74, 6) is -1.02. The lowest BCUT2D eigenvalue weighted by Crippen LogP contribution is -2.68. The second-order valence-electron chi connectivity index (χ2n) is 7.39. The van der Waals surface area contributed by atoms with Gasteiger partial charge in [0.05, 0.1) is 17.4 Å². The second-order valence-corrected chi connectivity index (χ2v) is 7.39. The highest BCUT2D eigenvalue weighted by molar-refractivity contribution is 6.15. The van der Waals surface area contributed by atoms with Gasteiger partial charge in [0.15, 0.2) is 0 Å². The fourth-order valence-corrected chi connectivity index (χ4v) is 4.04. The number of ether oxygens (including phenoxy) is 1. The summed E-state index contributed by atoms with van der Waals surface area (Å²) in [6.45, 7) is 3.73. The first-order valence-corrected chi connectivity index (χ1v) is 9.44. The lowest BCUT2D eigenvalue weighted by Gasteiger charge is -2.48. The van der Waals surface area contributed by atoms with Gasteiger partial charge >= 0.3 is 5.97 Å². The van der Waals surface area contributed by atoms with Crippen molar-refractivity contribution in [2.24, 2.45) is 0 Å².